The SMILES string of the molecule is CCCCNS(=O)(=O)c1ccc(OCC(=O)N[C@@H](C)c2ccccc2)c(Cl)c1. The maximum Gasteiger partial charge on any atom is 0.258 e. The molecule has 0 saturated carbocycles. The van der Waals surface area contributed by atoms with Crippen molar-refractivity contribution < 1.29 is 17.9 Å². The highest BCUT2D eigenvalue weighted by Crippen LogP contribution is 2.27. The van der Waals surface area contributed by atoms with Crippen LogP contribution >= 0.6 is 11.6 Å². The van der Waals surface area contributed by atoms with Gasteiger partial charge in [0.05, 0.1) is 16.0 Å². The van der Waals surface area contributed by atoms with Crippen LogP contribution in [0, 0.1) is 0 Å². The zero-order valence-electron chi connectivity index (χ0n) is 15.9. The molecule has 1 amide bonds. The van der Waals surface area contributed by atoms with E-state index in [0.29, 0.717) is 6.54 Å². The first-order valence-corrected chi connectivity index (χ1v) is 11.0. The Morgan fingerprint density at radius 2 is 1.89 bits per heavy atom. The van der Waals surface area contributed by atoms with Crippen molar-refractivity contribution >= 4 is 27.5 Å². The molecule has 0 radical (unpaired) electrons. The molecule has 0 heterocycles. The van der Waals surface area contributed by atoms with E-state index in [4.69, 9.17) is 16.3 Å². The van der Waals surface area contributed by atoms with Crippen molar-refractivity contribution in [3.63, 3.8) is 0 Å². The number of hydrogen-bond donors (Lipinski definition) is 2. The Morgan fingerprint density at radius 1 is 1.18 bits per heavy atom. The second-order valence-corrected chi connectivity index (χ2v) is 8.51. The van der Waals surface area contributed by atoms with E-state index in [1.807, 2.05) is 44.2 Å². The molecule has 0 spiro atoms. The van der Waals surface area contributed by atoms with Crippen molar-refractivity contribution in [2.75, 3.05) is 13.2 Å². The van der Waals surface area contributed by atoms with Gasteiger partial charge >= 0.3 is 0 Å². The summed E-state index contributed by atoms with van der Waals surface area (Å²) in [4.78, 5) is 12.2. The van der Waals surface area contributed by atoms with Crippen LogP contribution in [0.2, 0.25) is 5.02 Å². The highest BCUT2D eigenvalue weighted by Gasteiger charge is 2.16. The summed E-state index contributed by atoms with van der Waals surface area (Å²) in [5.74, 6) is -0.0537. The number of hydrogen-bond acceptors (Lipinski definition) is 4. The summed E-state index contributed by atoms with van der Waals surface area (Å²) in [6.45, 7) is 4.01. The second-order valence-electron chi connectivity index (χ2n) is 6.33. The summed E-state index contributed by atoms with van der Waals surface area (Å²) in [6.07, 6.45) is 1.64. The predicted molar refractivity (Wildman–Crippen MR) is 110 cm³/mol. The van der Waals surface area contributed by atoms with Crippen LogP contribution in [0.25, 0.3) is 0 Å². The third kappa shape index (κ3) is 6.51. The molecule has 0 bridgehead atoms. The van der Waals surface area contributed by atoms with Crippen LogP contribution in [-0.2, 0) is 14.8 Å². The number of unbranched alkanes of at least 4 members (excludes halogenated alkanes) is 1. The third-order valence-corrected chi connectivity index (χ3v) is 5.83. The molecule has 1 atom stereocenters. The van der Waals surface area contributed by atoms with Crippen LogP contribution in [0.1, 0.15) is 38.3 Å². The predicted octanol–water partition coefficient (Wildman–Crippen LogP) is 3.67. The van der Waals surface area contributed by atoms with Gasteiger partial charge in [-0.05, 0) is 37.1 Å². The number of carbonyl (C=O) groups is 1. The third-order valence-electron chi connectivity index (χ3n) is 4.07. The normalized spacial score (nSPS) is 12.4. The molecule has 2 aromatic carbocycles. The minimum atomic E-state index is -3.62. The van der Waals surface area contributed by atoms with Gasteiger partial charge in [-0.2, -0.15) is 0 Å². The molecule has 2 rings (SSSR count). The average molecular weight is 425 g/mol. The Hall–Kier alpha value is -2.09. The fraction of sp³-hybridized carbons (Fsp3) is 0.350. The smallest absolute Gasteiger partial charge is 0.258 e. The topological polar surface area (TPSA) is 84.5 Å². The first-order valence-electron chi connectivity index (χ1n) is 9.10. The number of amides is 1. The Balaban J connectivity index is 1.93. The summed E-state index contributed by atoms with van der Waals surface area (Å²) < 4.78 is 32.4. The number of halogens is 1. The molecule has 0 aliphatic carbocycles. The average Bonchev–Trinajstić information content (AvgIpc) is 2.67. The molecule has 0 fully saturated rings. The largest absolute Gasteiger partial charge is 0.482 e. The molecule has 6 nitrogen and oxygen atoms in total. The summed E-state index contributed by atoms with van der Waals surface area (Å²) >= 11 is 6.13. The molecular weight excluding hydrogens is 400 g/mol. The van der Waals surface area contributed by atoms with E-state index in [1.165, 1.54) is 18.2 Å². The quantitative estimate of drug-likeness (QED) is 0.570. The van der Waals surface area contributed by atoms with Gasteiger partial charge < -0.3 is 10.1 Å². The van der Waals surface area contributed by atoms with Gasteiger partial charge in [0.2, 0.25) is 10.0 Å². The van der Waals surface area contributed by atoms with E-state index in [-0.39, 0.29) is 34.2 Å². The van der Waals surface area contributed by atoms with Crippen molar-refractivity contribution in [1.29, 1.82) is 0 Å². The number of benzene rings is 2. The van der Waals surface area contributed by atoms with Gasteiger partial charge in [0, 0.05) is 6.54 Å². The van der Waals surface area contributed by atoms with Crippen LogP contribution in [0.15, 0.2) is 53.4 Å². The second kappa shape index (κ2) is 10.5. The molecule has 0 saturated heterocycles. The summed E-state index contributed by atoms with van der Waals surface area (Å²) in [5.41, 5.74) is 0.985. The fourth-order valence-corrected chi connectivity index (χ4v) is 3.88. The Bertz CT molecular complexity index is 888. The van der Waals surface area contributed by atoms with Crippen molar-refractivity contribution in [1.82, 2.24) is 10.0 Å². The molecule has 0 aliphatic rings. The van der Waals surface area contributed by atoms with Gasteiger partial charge in [0.25, 0.3) is 5.91 Å². The maximum atomic E-state index is 12.2. The molecule has 0 aliphatic heterocycles. The van der Waals surface area contributed by atoms with E-state index < -0.39 is 10.0 Å². The van der Waals surface area contributed by atoms with Gasteiger partial charge in [-0.3, -0.25) is 4.79 Å². The van der Waals surface area contributed by atoms with Crippen LogP contribution in [-0.4, -0.2) is 27.5 Å². The van der Waals surface area contributed by atoms with E-state index >= 15 is 0 Å². The minimum Gasteiger partial charge on any atom is -0.482 e. The lowest BCUT2D eigenvalue weighted by atomic mass is 10.1. The van der Waals surface area contributed by atoms with Gasteiger partial charge in [-0.25, -0.2) is 13.1 Å². The lowest BCUT2D eigenvalue weighted by molar-refractivity contribution is -0.123. The van der Waals surface area contributed by atoms with Crippen molar-refractivity contribution in [2.24, 2.45) is 0 Å². The molecule has 28 heavy (non-hydrogen) atoms. The van der Waals surface area contributed by atoms with Crippen molar-refractivity contribution in [3.8, 4) is 5.75 Å². The molecule has 8 heteroatoms. The standard InChI is InChI=1S/C20H25ClN2O4S/c1-3-4-12-22-28(25,26)17-10-11-19(18(21)13-17)27-14-20(24)23-15(2)16-8-6-5-7-9-16/h5-11,13,15,22H,3-4,12,14H2,1-2H3,(H,23,24)/t15-/m0/s1. The Morgan fingerprint density at radius 3 is 2.54 bits per heavy atom. The van der Waals surface area contributed by atoms with Crippen LogP contribution in [0.4, 0.5) is 0 Å². The van der Waals surface area contributed by atoms with Crippen LogP contribution in [0.5, 0.6) is 5.75 Å². The fourth-order valence-electron chi connectivity index (χ4n) is 2.48. The van der Waals surface area contributed by atoms with Crippen molar-refractivity contribution in [2.45, 2.75) is 37.6 Å². The molecule has 2 N–H and O–H groups in total. The molecular formula is C20H25ClN2O4S. The minimum absolute atomic E-state index is 0.0584. The van der Waals surface area contributed by atoms with E-state index in [9.17, 15) is 13.2 Å². The number of nitrogens with one attached hydrogen (secondary N) is 2. The number of rotatable bonds is 10. The first-order chi connectivity index (χ1) is 13.3. The van der Waals surface area contributed by atoms with E-state index in [1.54, 1.807) is 0 Å². The van der Waals surface area contributed by atoms with E-state index in [0.717, 1.165) is 18.4 Å². The first kappa shape index (κ1) is 22.2. The highest BCUT2D eigenvalue weighted by atomic mass is 35.5. The zero-order chi connectivity index (χ0) is 20.6. The number of ether oxygens (including phenoxy) is 1. The Kier molecular flexibility index (Phi) is 8.29. The van der Waals surface area contributed by atoms with Crippen molar-refractivity contribution in [3.05, 3.63) is 59.1 Å². The van der Waals surface area contributed by atoms with Gasteiger partial charge in [0.1, 0.15) is 5.75 Å². The van der Waals surface area contributed by atoms with Gasteiger partial charge in [-0.15, -0.1) is 0 Å². The lowest BCUT2D eigenvalue weighted by Crippen LogP contribution is -2.31. The highest BCUT2D eigenvalue weighted by molar-refractivity contribution is 7.89. The molecule has 2 aromatic rings. The van der Waals surface area contributed by atoms with Crippen LogP contribution < -0.4 is 14.8 Å². The number of sulfonamides is 1. The Labute approximate surface area is 171 Å². The van der Waals surface area contributed by atoms with Crippen LogP contribution in [0.3, 0.4) is 0 Å². The monoisotopic (exact) mass is 424 g/mol. The lowest BCUT2D eigenvalue weighted by Gasteiger charge is -2.15. The molecule has 0 aromatic heterocycles. The zero-order valence-corrected chi connectivity index (χ0v) is 17.5. The number of carbonyl (C=O) groups excluding carboxylic acids is 1. The van der Waals surface area contributed by atoms with E-state index in [2.05, 4.69) is 10.0 Å². The molecule has 0 unspecified atom stereocenters. The summed E-state index contributed by atoms with van der Waals surface area (Å²) in [5, 5.41) is 2.96. The summed E-state index contributed by atoms with van der Waals surface area (Å²) in [7, 11) is -3.62. The summed E-state index contributed by atoms with van der Waals surface area (Å²) in [6, 6.07) is 13.6. The van der Waals surface area contributed by atoms with Gasteiger partial charge in [-0.1, -0.05) is 55.3 Å². The maximum absolute atomic E-state index is 12.2. The molecule has 152 valence electrons. The van der Waals surface area contributed by atoms with Gasteiger partial charge in [0.15, 0.2) is 6.61 Å².